The molecule has 2 heterocycles. The van der Waals surface area contributed by atoms with Crippen molar-refractivity contribution in [2.45, 2.75) is 32.1 Å². The highest BCUT2D eigenvalue weighted by Gasteiger charge is 2.29. The van der Waals surface area contributed by atoms with Crippen LogP contribution in [0.25, 0.3) is 11.4 Å². The van der Waals surface area contributed by atoms with Crippen LogP contribution in [0.2, 0.25) is 0 Å². The van der Waals surface area contributed by atoms with E-state index in [9.17, 15) is 0 Å². The molecular formula is C14H16IN3O. The van der Waals surface area contributed by atoms with Gasteiger partial charge in [-0.25, -0.2) is 9.97 Å². The summed E-state index contributed by atoms with van der Waals surface area (Å²) in [5.74, 6) is 2.33. The summed E-state index contributed by atoms with van der Waals surface area (Å²) in [5.41, 5.74) is 2.13. The van der Waals surface area contributed by atoms with Gasteiger partial charge in [-0.1, -0.05) is 6.92 Å². The van der Waals surface area contributed by atoms with E-state index in [1.165, 1.54) is 22.1 Å². The maximum absolute atomic E-state index is 5.13. The van der Waals surface area contributed by atoms with Crippen LogP contribution in [0, 0.1) is 3.57 Å². The van der Waals surface area contributed by atoms with E-state index in [1.807, 2.05) is 6.07 Å². The fraction of sp³-hybridized carbons (Fsp3) is 0.429. The normalized spacial score (nSPS) is 14.6. The average molecular weight is 369 g/mol. The van der Waals surface area contributed by atoms with Gasteiger partial charge < -0.3 is 9.73 Å². The lowest BCUT2D eigenvalue weighted by atomic mass is 10.2. The second-order valence-electron chi connectivity index (χ2n) is 4.81. The first-order valence-electron chi connectivity index (χ1n) is 6.63. The molecule has 0 unspecified atom stereocenters. The zero-order valence-electron chi connectivity index (χ0n) is 10.8. The van der Waals surface area contributed by atoms with Crippen molar-refractivity contribution in [2.24, 2.45) is 0 Å². The molecule has 0 amide bonds. The van der Waals surface area contributed by atoms with Crippen LogP contribution in [-0.2, 0) is 0 Å². The lowest BCUT2D eigenvalue weighted by Gasteiger charge is -2.11. The van der Waals surface area contributed by atoms with Crippen LogP contribution in [-0.4, -0.2) is 16.5 Å². The molecule has 0 atom stereocenters. The summed E-state index contributed by atoms with van der Waals surface area (Å²) in [7, 11) is 0. The van der Waals surface area contributed by atoms with E-state index in [2.05, 4.69) is 39.8 Å². The van der Waals surface area contributed by atoms with Gasteiger partial charge in [0.2, 0.25) is 0 Å². The zero-order chi connectivity index (χ0) is 13.2. The summed E-state index contributed by atoms with van der Waals surface area (Å²) in [4.78, 5) is 9.36. The quantitative estimate of drug-likeness (QED) is 0.809. The summed E-state index contributed by atoms with van der Waals surface area (Å²) in [6.45, 7) is 3.09. The minimum Gasteiger partial charge on any atom is -0.472 e. The van der Waals surface area contributed by atoms with Crippen molar-refractivity contribution in [1.29, 1.82) is 0 Å². The second kappa shape index (κ2) is 5.48. The Morgan fingerprint density at radius 1 is 1.42 bits per heavy atom. The van der Waals surface area contributed by atoms with Crippen LogP contribution in [0.3, 0.4) is 0 Å². The summed E-state index contributed by atoms with van der Waals surface area (Å²) in [6, 6.07) is 1.91. The summed E-state index contributed by atoms with van der Waals surface area (Å²) in [6.07, 6.45) is 6.92. The number of halogens is 1. The maximum Gasteiger partial charge on any atom is 0.165 e. The minimum absolute atomic E-state index is 0.614. The fourth-order valence-corrected chi connectivity index (χ4v) is 2.85. The van der Waals surface area contributed by atoms with Crippen LogP contribution in [0.4, 0.5) is 5.82 Å². The van der Waals surface area contributed by atoms with Gasteiger partial charge in [-0.2, -0.15) is 0 Å². The van der Waals surface area contributed by atoms with Gasteiger partial charge in [0, 0.05) is 12.5 Å². The minimum atomic E-state index is 0.614. The molecule has 0 bridgehead atoms. The maximum atomic E-state index is 5.13. The van der Waals surface area contributed by atoms with E-state index in [0.29, 0.717) is 5.92 Å². The number of aromatic nitrogens is 2. The number of nitrogens with one attached hydrogen (secondary N) is 1. The van der Waals surface area contributed by atoms with Crippen LogP contribution >= 0.6 is 22.6 Å². The molecule has 2 aromatic rings. The van der Waals surface area contributed by atoms with Gasteiger partial charge in [0.1, 0.15) is 12.1 Å². The molecule has 100 valence electrons. The molecule has 1 fully saturated rings. The van der Waals surface area contributed by atoms with E-state index in [-0.39, 0.29) is 0 Å². The summed E-state index contributed by atoms with van der Waals surface area (Å²) >= 11 is 2.36. The molecule has 0 spiro atoms. The third-order valence-electron chi connectivity index (χ3n) is 3.16. The lowest BCUT2D eigenvalue weighted by Crippen LogP contribution is -2.08. The van der Waals surface area contributed by atoms with Crippen LogP contribution in [0.15, 0.2) is 23.0 Å². The van der Waals surface area contributed by atoms with Gasteiger partial charge in [0.25, 0.3) is 0 Å². The number of rotatable bonds is 5. The average Bonchev–Trinajstić information content (AvgIpc) is 3.11. The second-order valence-corrected chi connectivity index (χ2v) is 5.89. The highest BCUT2D eigenvalue weighted by atomic mass is 127. The number of hydrogen-bond acceptors (Lipinski definition) is 4. The standard InChI is InChI=1S/C14H16IN3O/c1-2-6-16-14-11(15)12(9-3-4-9)17-13(18-14)10-5-7-19-8-10/h5,7-9H,2-4,6H2,1H3,(H,16,17,18). The van der Waals surface area contributed by atoms with E-state index in [0.717, 1.165) is 30.2 Å². The van der Waals surface area contributed by atoms with Crippen molar-refractivity contribution in [3.63, 3.8) is 0 Å². The highest BCUT2D eigenvalue weighted by molar-refractivity contribution is 14.1. The number of furan rings is 1. The molecule has 3 rings (SSSR count). The first kappa shape index (κ1) is 12.9. The van der Waals surface area contributed by atoms with Gasteiger partial charge >= 0.3 is 0 Å². The largest absolute Gasteiger partial charge is 0.472 e. The first-order valence-corrected chi connectivity index (χ1v) is 7.71. The van der Waals surface area contributed by atoms with Crippen LogP contribution < -0.4 is 5.32 Å². The van der Waals surface area contributed by atoms with Crippen molar-refractivity contribution in [3.05, 3.63) is 27.9 Å². The van der Waals surface area contributed by atoms with E-state index >= 15 is 0 Å². The van der Waals surface area contributed by atoms with Crippen molar-refractivity contribution in [1.82, 2.24) is 9.97 Å². The van der Waals surface area contributed by atoms with E-state index in [1.54, 1.807) is 12.5 Å². The molecular weight excluding hydrogens is 353 g/mol. The molecule has 0 aliphatic heterocycles. The number of hydrogen-bond donors (Lipinski definition) is 1. The lowest BCUT2D eigenvalue weighted by molar-refractivity contribution is 0.568. The molecule has 4 nitrogen and oxygen atoms in total. The smallest absolute Gasteiger partial charge is 0.165 e. The summed E-state index contributed by atoms with van der Waals surface area (Å²) < 4.78 is 6.30. The predicted octanol–water partition coefficient (Wildman–Crippen LogP) is 4.04. The van der Waals surface area contributed by atoms with Gasteiger partial charge in [-0.05, 0) is 47.9 Å². The Morgan fingerprint density at radius 3 is 2.89 bits per heavy atom. The predicted molar refractivity (Wildman–Crippen MR) is 83.2 cm³/mol. The van der Waals surface area contributed by atoms with Gasteiger partial charge in [-0.3, -0.25) is 0 Å². The number of nitrogens with zero attached hydrogens (tertiary/aromatic N) is 2. The Bertz CT molecular complexity index is 564. The molecule has 2 aromatic heterocycles. The van der Waals surface area contributed by atoms with Crippen molar-refractivity contribution in [2.75, 3.05) is 11.9 Å². The molecule has 5 heteroatoms. The molecule has 1 aliphatic rings. The first-order chi connectivity index (χ1) is 9.29. The van der Waals surface area contributed by atoms with Gasteiger partial charge in [0.15, 0.2) is 5.82 Å². The van der Waals surface area contributed by atoms with Gasteiger partial charge in [0.05, 0.1) is 21.1 Å². The fourth-order valence-electron chi connectivity index (χ4n) is 1.97. The van der Waals surface area contributed by atoms with Gasteiger partial charge in [-0.15, -0.1) is 0 Å². The van der Waals surface area contributed by atoms with Crippen molar-refractivity contribution < 1.29 is 4.42 Å². The Labute approximate surface area is 126 Å². The van der Waals surface area contributed by atoms with Crippen molar-refractivity contribution >= 4 is 28.4 Å². The number of anilines is 1. The Balaban J connectivity index is 2.02. The van der Waals surface area contributed by atoms with E-state index < -0.39 is 0 Å². The molecule has 0 saturated heterocycles. The topological polar surface area (TPSA) is 51.0 Å². The molecule has 0 radical (unpaired) electrons. The molecule has 1 aliphatic carbocycles. The third-order valence-corrected chi connectivity index (χ3v) is 4.23. The Morgan fingerprint density at radius 2 is 2.26 bits per heavy atom. The van der Waals surface area contributed by atoms with Crippen LogP contribution in [0.1, 0.15) is 37.8 Å². The molecule has 19 heavy (non-hydrogen) atoms. The Kier molecular flexibility index (Phi) is 3.72. The summed E-state index contributed by atoms with van der Waals surface area (Å²) in [5, 5.41) is 3.40. The van der Waals surface area contributed by atoms with Crippen molar-refractivity contribution in [3.8, 4) is 11.4 Å². The monoisotopic (exact) mass is 369 g/mol. The Hall–Kier alpha value is -1.11. The SMILES string of the molecule is CCCNc1nc(-c2ccoc2)nc(C2CC2)c1I. The molecule has 0 aromatic carbocycles. The highest BCUT2D eigenvalue weighted by Crippen LogP contribution is 2.42. The van der Waals surface area contributed by atoms with Crippen LogP contribution in [0.5, 0.6) is 0 Å². The zero-order valence-corrected chi connectivity index (χ0v) is 13.0. The molecule has 1 saturated carbocycles. The van der Waals surface area contributed by atoms with E-state index in [4.69, 9.17) is 9.40 Å². The third kappa shape index (κ3) is 2.75. The molecule has 1 N–H and O–H groups in total.